The van der Waals surface area contributed by atoms with Gasteiger partial charge in [0.15, 0.2) is 0 Å². The van der Waals surface area contributed by atoms with E-state index < -0.39 is 0 Å². The Morgan fingerprint density at radius 3 is 2.55 bits per heavy atom. The van der Waals surface area contributed by atoms with Gasteiger partial charge in [0.1, 0.15) is 5.82 Å². The summed E-state index contributed by atoms with van der Waals surface area (Å²) in [4.78, 5) is 12.8. The summed E-state index contributed by atoms with van der Waals surface area (Å²) in [7, 11) is 0. The molecule has 0 unspecified atom stereocenters. The van der Waals surface area contributed by atoms with Gasteiger partial charge in [0.05, 0.1) is 13.1 Å². The lowest BCUT2D eigenvalue weighted by molar-refractivity contribution is 0.591. The number of H-pyrrole nitrogens is 1. The third kappa shape index (κ3) is 4.31. The minimum absolute atomic E-state index is 0.120. The maximum atomic E-state index is 12.8. The van der Waals surface area contributed by atoms with Gasteiger partial charge in [-0.05, 0) is 28.3 Å². The van der Waals surface area contributed by atoms with Crippen LogP contribution in [0, 0.1) is 12.3 Å². The highest BCUT2D eigenvalue weighted by molar-refractivity contribution is 5.80. The maximum absolute atomic E-state index is 12.8. The van der Waals surface area contributed by atoms with Crippen molar-refractivity contribution in [2.75, 3.05) is 0 Å². The number of hydrogen-bond acceptors (Lipinski definition) is 5. The molecule has 4 rings (SSSR count). The van der Waals surface area contributed by atoms with Crippen LogP contribution >= 0.6 is 0 Å². The summed E-state index contributed by atoms with van der Waals surface area (Å²) in [6.45, 7) is 2.98. The molecule has 0 fully saturated rings. The molecule has 4 aromatic rings. The maximum Gasteiger partial charge on any atom is 0.346 e. The molecule has 0 aliphatic rings. The second-order valence-electron chi connectivity index (χ2n) is 7.19. The Morgan fingerprint density at radius 1 is 1.10 bits per heavy atom. The smallest absolute Gasteiger partial charge is 0.274 e. The van der Waals surface area contributed by atoms with Gasteiger partial charge in [-0.2, -0.15) is 10.3 Å². The molecule has 156 valence electrons. The number of aromatic nitrogens is 7. The second-order valence-corrected chi connectivity index (χ2v) is 7.19. The lowest BCUT2D eigenvalue weighted by Gasteiger charge is -2.09. The molecular formula is C23H23N7O. The number of nitrogens with one attached hydrogen (secondary N) is 1. The Balaban J connectivity index is 1.62. The molecule has 0 amide bonds. The first-order chi connectivity index (χ1) is 15.2. The highest BCUT2D eigenvalue weighted by Gasteiger charge is 2.14. The van der Waals surface area contributed by atoms with Gasteiger partial charge >= 0.3 is 5.69 Å². The molecule has 1 N–H and O–H groups in total. The third-order valence-electron chi connectivity index (χ3n) is 5.06. The second kappa shape index (κ2) is 9.22. The quantitative estimate of drug-likeness (QED) is 0.448. The fourth-order valence-electron chi connectivity index (χ4n) is 3.55. The molecule has 2 aromatic carbocycles. The molecule has 31 heavy (non-hydrogen) atoms. The highest BCUT2D eigenvalue weighted by atomic mass is 16.2. The van der Waals surface area contributed by atoms with E-state index in [-0.39, 0.29) is 5.69 Å². The number of hydrogen-bond donors (Lipinski definition) is 1. The van der Waals surface area contributed by atoms with E-state index in [9.17, 15) is 4.79 Å². The van der Waals surface area contributed by atoms with Crippen LogP contribution in [0.2, 0.25) is 0 Å². The van der Waals surface area contributed by atoms with E-state index in [4.69, 9.17) is 6.42 Å². The predicted molar refractivity (Wildman–Crippen MR) is 118 cm³/mol. The van der Waals surface area contributed by atoms with E-state index in [0.717, 1.165) is 40.9 Å². The topological polar surface area (TPSA) is 94.3 Å². The SMILES string of the molecule is C#CCCn1nc(CCC)n(Cc2ccc(-c3ccccc3-c3nn[nH]n3)cc2)c1=O. The summed E-state index contributed by atoms with van der Waals surface area (Å²) < 4.78 is 3.21. The van der Waals surface area contributed by atoms with E-state index in [0.29, 0.717) is 25.3 Å². The average Bonchev–Trinajstić information content (AvgIpc) is 3.43. The van der Waals surface area contributed by atoms with Gasteiger partial charge in [-0.15, -0.1) is 22.5 Å². The fraction of sp³-hybridized carbons (Fsp3) is 0.261. The number of terminal acetylenes is 1. The van der Waals surface area contributed by atoms with Crippen molar-refractivity contribution in [1.82, 2.24) is 35.0 Å². The van der Waals surface area contributed by atoms with Crippen LogP contribution in [0.4, 0.5) is 0 Å². The number of benzene rings is 2. The van der Waals surface area contributed by atoms with Gasteiger partial charge in [0.25, 0.3) is 0 Å². The molecule has 0 spiro atoms. The Bertz CT molecular complexity index is 1240. The van der Waals surface area contributed by atoms with Gasteiger partial charge in [0.2, 0.25) is 5.82 Å². The largest absolute Gasteiger partial charge is 0.346 e. The molecule has 0 atom stereocenters. The standard InChI is InChI=1S/C23H23N7O/c1-3-5-15-30-23(31)29(21(26-30)8-4-2)16-17-11-13-18(14-12-17)19-9-6-7-10-20(19)22-24-27-28-25-22/h1,6-7,9-14H,4-5,8,15-16H2,2H3,(H,24,25,27,28). The summed E-state index contributed by atoms with van der Waals surface area (Å²) in [6.07, 6.45) is 7.49. The molecule has 8 heteroatoms. The van der Waals surface area contributed by atoms with Crippen molar-refractivity contribution < 1.29 is 0 Å². The van der Waals surface area contributed by atoms with Crippen molar-refractivity contribution in [2.45, 2.75) is 39.3 Å². The minimum atomic E-state index is -0.120. The molecule has 8 nitrogen and oxygen atoms in total. The Labute approximate surface area is 179 Å². The van der Waals surface area contributed by atoms with Crippen molar-refractivity contribution in [1.29, 1.82) is 0 Å². The van der Waals surface area contributed by atoms with Crippen LogP contribution < -0.4 is 5.69 Å². The fourth-order valence-corrected chi connectivity index (χ4v) is 3.55. The molecule has 0 saturated carbocycles. The molecule has 0 radical (unpaired) electrons. The Morgan fingerprint density at radius 2 is 1.87 bits per heavy atom. The molecule has 0 aliphatic heterocycles. The monoisotopic (exact) mass is 413 g/mol. The van der Waals surface area contributed by atoms with Crippen LogP contribution in [0.3, 0.4) is 0 Å². The zero-order valence-electron chi connectivity index (χ0n) is 17.3. The van der Waals surface area contributed by atoms with Crippen LogP contribution in [-0.4, -0.2) is 35.0 Å². The van der Waals surface area contributed by atoms with Crippen LogP contribution in [0.25, 0.3) is 22.5 Å². The molecule has 0 saturated heterocycles. The van der Waals surface area contributed by atoms with Gasteiger partial charge < -0.3 is 0 Å². The van der Waals surface area contributed by atoms with Crippen molar-refractivity contribution in [3.63, 3.8) is 0 Å². The summed E-state index contributed by atoms with van der Waals surface area (Å²) in [6, 6.07) is 16.1. The third-order valence-corrected chi connectivity index (χ3v) is 5.06. The van der Waals surface area contributed by atoms with Crippen molar-refractivity contribution in [2.24, 2.45) is 0 Å². The van der Waals surface area contributed by atoms with Gasteiger partial charge in [-0.1, -0.05) is 55.5 Å². The summed E-state index contributed by atoms with van der Waals surface area (Å²) >= 11 is 0. The van der Waals surface area contributed by atoms with E-state index in [1.165, 1.54) is 4.68 Å². The van der Waals surface area contributed by atoms with E-state index in [1.54, 1.807) is 4.57 Å². The van der Waals surface area contributed by atoms with Crippen LogP contribution in [0.5, 0.6) is 0 Å². The van der Waals surface area contributed by atoms with Crippen molar-refractivity contribution in [3.05, 3.63) is 70.4 Å². The van der Waals surface area contributed by atoms with Gasteiger partial charge in [-0.25, -0.2) is 9.48 Å². The molecule has 0 aliphatic carbocycles. The first-order valence-electron chi connectivity index (χ1n) is 10.2. The Hall–Kier alpha value is -3.99. The first-order valence-corrected chi connectivity index (χ1v) is 10.2. The predicted octanol–water partition coefficient (Wildman–Crippen LogP) is 2.92. The lowest BCUT2D eigenvalue weighted by atomic mass is 9.98. The first kappa shape index (κ1) is 20.3. The van der Waals surface area contributed by atoms with Gasteiger partial charge in [-0.3, -0.25) is 4.57 Å². The summed E-state index contributed by atoms with van der Waals surface area (Å²) in [5.41, 5.74) is 3.86. The average molecular weight is 413 g/mol. The lowest BCUT2D eigenvalue weighted by Crippen LogP contribution is -2.26. The van der Waals surface area contributed by atoms with Crippen LogP contribution in [0.15, 0.2) is 53.3 Å². The molecule has 2 aromatic heterocycles. The highest BCUT2D eigenvalue weighted by Crippen LogP contribution is 2.29. The molecular weight excluding hydrogens is 390 g/mol. The zero-order valence-corrected chi connectivity index (χ0v) is 17.3. The number of aryl methyl sites for hydroxylation is 2. The Kier molecular flexibility index (Phi) is 6.03. The summed E-state index contributed by atoms with van der Waals surface area (Å²) in [5, 5.41) is 18.8. The van der Waals surface area contributed by atoms with E-state index in [1.807, 2.05) is 48.5 Å². The minimum Gasteiger partial charge on any atom is -0.274 e. The normalized spacial score (nSPS) is 10.8. The number of rotatable bonds is 8. The summed E-state index contributed by atoms with van der Waals surface area (Å²) in [5.74, 6) is 3.91. The number of nitrogens with zero attached hydrogens (tertiary/aromatic N) is 6. The number of tetrazole rings is 1. The van der Waals surface area contributed by atoms with Crippen LogP contribution in [-0.2, 0) is 19.5 Å². The number of aromatic amines is 1. The van der Waals surface area contributed by atoms with Crippen molar-refractivity contribution >= 4 is 0 Å². The van der Waals surface area contributed by atoms with E-state index in [2.05, 4.69) is 38.6 Å². The molecule has 0 bridgehead atoms. The zero-order chi connectivity index (χ0) is 21.6. The van der Waals surface area contributed by atoms with Crippen LogP contribution in [0.1, 0.15) is 31.2 Å². The molecule has 2 heterocycles. The van der Waals surface area contributed by atoms with Gasteiger partial charge in [0, 0.05) is 18.4 Å². The van der Waals surface area contributed by atoms with Crippen molar-refractivity contribution in [3.8, 4) is 34.9 Å². The van der Waals surface area contributed by atoms with E-state index >= 15 is 0 Å².